The van der Waals surface area contributed by atoms with Crippen LogP contribution in [0, 0.1) is 0 Å². The molecular formula is C15H16F3NO5. The van der Waals surface area contributed by atoms with Gasteiger partial charge in [0.1, 0.15) is 5.75 Å². The summed E-state index contributed by atoms with van der Waals surface area (Å²) in [5.41, 5.74) is -2.85. The fraction of sp³-hybridized carbons (Fsp3) is 0.467. The summed E-state index contributed by atoms with van der Waals surface area (Å²) < 4.78 is 43.5. The maximum absolute atomic E-state index is 12.8. The van der Waals surface area contributed by atoms with Gasteiger partial charge in [-0.3, -0.25) is 4.79 Å². The second kappa shape index (κ2) is 6.68. The van der Waals surface area contributed by atoms with Gasteiger partial charge in [0, 0.05) is 25.9 Å². The van der Waals surface area contributed by atoms with Crippen LogP contribution in [0.25, 0.3) is 0 Å². The minimum absolute atomic E-state index is 0.00802. The monoisotopic (exact) mass is 347 g/mol. The van der Waals surface area contributed by atoms with Crippen LogP contribution < -0.4 is 4.74 Å². The van der Waals surface area contributed by atoms with Gasteiger partial charge in [-0.2, -0.15) is 13.2 Å². The van der Waals surface area contributed by atoms with E-state index in [0.717, 1.165) is 12.1 Å². The SMILES string of the molecule is O=C(COc1ccccc1C(F)(F)F)N1CCC(O)(C(=O)O)CC1. The molecule has 24 heavy (non-hydrogen) atoms. The van der Waals surface area contributed by atoms with E-state index in [9.17, 15) is 27.9 Å². The maximum atomic E-state index is 12.8. The van der Waals surface area contributed by atoms with Crippen molar-refractivity contribution in [3.05, 3.63) is 29.8 Å². The van der Waals surface area contributed by atoms with Gasteiger partial charge in [-0.1, -0.05) is 12.1 Å². The standard InChI is InChI=1S/C15H16F3NO5/c16-15(17,18)10-3-1-2-4-11(10)24-9-12(20)19-7-5-14(23,6-8-19)13(21)22/h1-4,23H,5-9H2,(H,21,22). The number of aliphatic hydroxyl groups is 1. The van der Waals surface area contributed by atoms with Gasteiger partial charge in [-0.15, -0.1) is 0 Å². The predicted molar refractivity (Wildman–Crippen MR) is 75.3 cm³/mol. The topological polar surface area (TPSA) is 87.1 Å². The van der Waals surface area contributed by atoms with Crippen molar-refractivity contribution >= 4 is 11.9 Å². The number of alkyl halides is 3. The summed E-state index contributed by atoms with van der Waals surface area (Å²) in [5, 5.41) is 18.7. The van der Waals surface area contributed by atoms with Crippen LogP contribution in [0.2, 0.25) is 0 Å². The lowest BCUT2D eigenvalue weighted by molar-refractivity contribution is -0.165. The number of likely N-dealkylation sites (tertiary alicyclic amines) is 1. The molecule has 1 aliphatic rings. The highest BCUT2D eigenvalue weighted by Gasteiger charge is 2.40. The van der Waals surface area contributed by atoms with E-state index < -0.39 is 41.6 Å². The van der Waals surface area contributed by atoms with E-state index in [-0.39, 0.29) is 25.9 Å². The lowest BCUT2D eigenvalue weighted by atomic mass is 9.91. The molecule has 1 amide bonds. The minimum atomic E-state index is -4.59. The molecule has 132 valence electrons. The number of nitrogens with zero attached hydrogens (tertiary/aromatic N) is 1. The fourth-order valence-corrected chi connectivity index (χ4v) is 2.40. The molecule has 0 atom stereocenters. The van der Waals surface area contributed by atoms with Crippen LogP contribution in [0.5, 0.6) is 5.75 Å². The molecule has 0 unspecified atom stereocenters. The number of carboxylic acids is 1. The van der Waals surface area contributed by atoms with Crippen LogP contribution >= 0.6 is 0 Å². The quantitative estimate of drug-likeness (QED) is 0.862. The van der Waals surface area contributed by atoms with Crippen molar-refractivity contribution in [2.24, 2.45) is 0 Å². The first-order chi connectivity index (χ1) is 11.1. The zero-order valence-corrected chi connectivity index (χ0v) is 12.5. The summed E-state index contributed by atoms with van der Waals surface area (Å²) in [6.07, 6.45) is -4.89. The molecule has 1 aromatic carbocycles. The number of halogens is 3. The van der Waals surface area contributed by atoms with Crippen LogP contribution in [-0.2, 0) is 15.8 Å². The summed E-state index contributed by atoms with van der Waals surface area (Å²) in [7, 11) is 0. The second-order valence-electron chi connectivity index (χ2n) is 5.50. The number of hydrogen-bond donors (Lipinski definition) is 2. The Kier molecular flexibility index (Phi) is 5.02. The molecule has 1 aliphatic heterocycles. The van der Waals surface area contributed by atoms with Crippen molar-refractivity contribution in [3.63, 3.8) is 0 Å². The zero-order chi connectivity index (χ0) is 18.0. The number of aliphatic carboxylic acids is 1. The molecule has 9 heteroatoms. The molecule has 0 spiro atoms. The number of carbonyl (C=O) groups is 2. The highest BCUT2D eigenvalue weighted by atomic mass is 19.4. The Balaban J connectivity index is 1.95. The molecule has 1 fully saturated rings. The Labute approximate surface area is 135 Å². The Morgan fingerprint density at radius 3 is 2.33 bits per heavy atom. The fourth-order valence-electron chi connectivity index (χ4n) is 2.40. The Hall–Kier alpha value is -2.29. The van der Waals surface area contributed by atoms with Crippen LogP contribution in [0.4, 0.5) is 13.2 Å². The van der Waals surface area contributed by atoms with Gasteiger partial charge in [0.25, 0.3) is 5.91 Å². The van der Waals surface area contributed by atoms with E-state index in [1.807, 2.05) is 0 Å². The van der Waals surface area contributed by atoms with Crippen LogP contribution in [0.15, 0.2) is 24.3 Å². The number of hydrogen-bond acceptors (Lipinski definition) is 4. The molecule has 0 aromatic heterocycles. The molecular weight excluding hydrogens is 331 g/mol. The highest BCUT2D eigenvalue weighted by Crippen LogP contribution is 2.35. The van der Waals surface area contributed by atoms with Crippen LogP contribution in [0.3, 0.4) is 0 Å². The Morgan fingerprint density at radius 1 is 1.21 bits per heavy atom. The highest BCUT2D eigenvalue weighted by molar-refractivity contribution is 5.80. The molecule has 0 bridgehead atoms. The Bertz CT molecular complexity index is 624. The number of benzene rings is 1. The van der Waals surface area contributed by atoms with Gasteiger partial charge >= 0.3 is 12.1 Å². The van der Waals surface area contributed by atoms with Gasteiger partial charge in [0.15, 0.2) is 12.2 Å². The number of para-hydroxylation sites is 1. The molecule has 1 heterocycles. The Morgan fingerprint density at radius 2 is 1.79 bits per heavy atom. The lowest BCUT2D eigenvalue weighted by Crippen LogP contribution is -2.51. The third kappa shape index (κ3) is 3.97. The normalized spacial score (nSPS) is 17.4. The maximum Gasteiger partial charge on any atom is 0.419 e. The van der Waals surface area contributed by atoms with Crippen molar-refractivity contribution in [1.29, 1.82) is 0 Å². The molecule has 6 nitrogen and oxygen atoms in total. The molecule has 2 rings (SSSR count). The van der Waals surface area contributed by atoms with Gasteiger partial charge in [0.2, 0.25) is 0 Å². The number of ether oxygens (including phenoxy) is 1. The van der Waals surface area contributed by atoms with Gasteiger partial charge in [0.05, 0.1) is 5.56 Å². The molecule has 0 radical (unpaired) electrons. The average Bonchev–Trinajstić information content (AvgIpc) is 2.52. The summed E-state index contributed by atoms with van der Waals surface area (Å²) >= 11 is 0. The number of amides is 1. The van der Waals surface area contributed by atoms with E-state index in [4.69, 9.17) is 9.84 Å². The second-order valence-corrected chi connectivity index (χ2v) is 5.50. The van der Waals surface area contributed by atoms with Gasteiger partial charge in [-0.05, 0) is 12.1 Å². The van der Waals surface area contributed by atoms with Crippen molar-refractivity contribution in [2.75, 3.05) is 19.7 Å². The molecule has 0 aliphatic carbocycles. The van der Waals surface area contributed by atoms with Gasteiger partial charge < -0.3 is 19.8 Å². The number of carbonyl (C=O) groups excluding carboxylic acids is 1. The molecule has 1 saturated heterocycles. The van der Waals surface area contributed by atoms with E-state index in [0.29, 0.717) is 0 Å². The van der Waals surface area contributed by atoms with Crippen molar-refractivity contribution in [1.82, 2.24) is 4.90 Å². The third-order valence-electron chi connectivity index (χ3n) is 3.89. The van der Waals surface area contributed by atoms with Crippen molar-refractivity contribution < 1.29 is 37.7 Å². The average molecular weight is 347 g/mol. The zero-order valence-electron chi connectivity index (χ0n) is 12.5. The van der Waals surface area contributed by atoms with E-state index >= 15 is 0 Å². The van der Waals surface area contributed by atoms with E-state index in [2.05, 4.69) is 0 Å². The molecule has 1 aromatic rings. The van der Waals surface area contributed by atoms with Crippen molar-refractivity contribution in [3.8, 4) is 5.75 Å². The van der Waals surface area contributed by atoms with Gasteiger partial charge in [-0.25, -0.2) is 4.79 Å². The largest absolute Gasteiger partial charge is 0.483 e. The summed E-state index contributed by atoms with van der Waals surface area (Å²) in [5.74, 6) is -2.37. The smallest absolute Gasteiger partial charge is 0.419 e. The first-order valence-electron chi connectivity index (χ1n) is 7.16. The van der Waals surface area contributed by atoms with Crippen LogP contribution in [-0.4, -0.2) is 52.3 Å². The molecule has 0 saturated carbocycles. The summed E-state index contributed by atoms with van der Waals surface area (Å²) in [4.78, 5) is 24.2. The summed E-state index contributed by atoms with van der Waals surface area (Å²) in [6.45, 7) is -0.615. The number of piperidine rings is 1. The lowest BCUT2D eigenvalue weighted by Gasteiger charge is -2.35. The first-order valence-corrected chi connectivity index (χ1v) is 7.16. The minimum Gasteiger partial charge on any atom is -0.483 e. The van der Waals surface area contributed by atoms with E-state index in [1.165, 1.54) is 17.0 Å². The molecule has 2 N–H and O–H groups in total. The predicted octanol–water partition coefficient (Wildman–Crippen LogP) is 1.52. The summed E-state index contributed by atoms with van der Waals surface area (Å²) in [6, 6.07) is 4.56. The van der Waals surface area contributed by atoms with Crippen LogP contribution in [0.1, 0.15) is 18.4 Å². The third-order valence-corrected chi connectivity index (χ3v) is 3.89. The van der Waals surface area contributed by atoms with E-state index in [1.54, 1.807) is 0 Å². The number of rotatable bonds is 4. The first kappa shape index (κ1) is 18.1. The van der Waals surface area contributed by atoms with Crippen molar-refractivity contribution in [2.45, 2.75) is 24.6 Å². The number of carboxylic acid groups (broad SMARTS) is 1.